The van der Waals surface area contributed by atoms with Crippen LogP contribution in [0.4, 0.5) is 5.69 Å². The van der Waals surface area contributed by atoms with Gasteiger partial charge in [-0.3, -0.25) is 14.3 Å². The van der Waals surface area contributed by atoms with Gasteiger partial charge in [0.2, 0.25) is 5.91 Å². The number of carbonyl (C=O) groups is 2. The molecule has 31 heavy (non-hydrogen) atoms. The molecule has 1 aromatic heterocycles. The maximum atomic E-state index is 13.7. The molecule has 1 saturated heterocycles. The van der Waals surface area contributed by atoms with E-state index in [-0.39, 0.29) is 17.9 Å². The van der Waals surface area contributed by atoms with Crippen LogP contribution in [0.25, 0.3) is 0 Å². The molecule has 2 aromatic carbocycles. The predicted octanol–water partition coefficient (Wildman–Crippen LogP) is 3.77. The zero-order chi connectivity index (χ0) is 21.2. The maximum Gasteiger partial charge on any atom is 0.274 e. The summed E-state index contributed by atoms with van der Waals surface area (Å²) in [5.74, 6) is 0.379. The first kappa shape index (κ1) is 18.4. The van der Waals surface area contributed by atoms with Crippen LogP contribution in [-0.2, 0) is 17.3 Å². The van der Waals surface area contributed by atoms with Crippen molar-refractivity contribution < 1.29 is 9.59 Å². The van der Waals surface area contributed by atoms with Crippen LogP contribution < -0.4 is 5.32 Å². The van der Waals surface area contributed by atoms with Crippen LogP contribution >= 0.6 is 0 Å². The molecule has 2 fully saturated rings. The average molecular weight is 412 g/mol. The molecule has 3 aromatic rings. The molecular formula is C25H24N4O2. The van der Waals surface area contributed by atoms with Crippen molar-refractivity contribution in [1.29, 1.82) is 0 Å². The Morgan fingerprint density at radius 1 is 1.10 bits per heavy atom. The highest BCUT2D eigenvalue weighted by Crippen LogP contribution is 2.55. The molecule has 2 aliphatic heterocycles. The fourth-order valence-electron chi connectivity index (χ4n) is 5.50. The van der Waals surface area contributed by atoms with Gasteiger partial charge in [-0.15, -0.1) is 0 Å². The molecule has 0 bridgehead atoms. The first-order chi connectivity index (χ1) is 15.1. The summed E-state index contributed by atoms with van der Waals surface area (Å²) in [6.07, 6.45) is 2.90. The van der Waals surface area contributed by atoms with Crippen LogP contribution in [0.1, 0.15) is 58.5 Å². The Morgan fingerprint density at radius 2 is 1.84 bits per heavy atom. The third-order valence-corrected chi connectivity index (χ3v) is 7.09. The van der Waals surface area contributed by atoms with Gasteiger partial charge in [-0.25, -0.2) is 0 Å². The van der Waals surface area contributed by atoms with E-state index in [1.807, 2.05) is 77.3 Å². The minimum Gasteiger partial charge on any atom is -0.329 e. The number of amides is 2. The van der Waals surface area contributed by atoms with Gasteiger partial charge in [-0.1, -0.05) is 48.5 Å². The largest absolute Gasteiger partial charge is 0.329 e. The molecule has 6 nitrogen and oxygen atoms in total. The number of fused-ring (bicyclic) bond motifs is 2. The van der Waals surface area contributed by atoms with E-state index in [1.165, 1.54) is 0 Å². The minimum atomic E-state index is -0.790. The summed E-state index contributed by atoms with van der Waals surface area (Å²) >= 11 is 0. The lowest BCUT2D eigenvalue weighted by Crippen LogP contribution is -2.42. The average Bonchev–Trinajstić information content (AvgIpc) is 3.34. The Kier molecular flexibility index (Phi) is 3.88. The van der Waals surface area contributed by atoms with Crippen LogP contribution in [0.5, 0.6) is 0 Å². The number of nitrogens with zero attached hydrogens (tertiary/aromatic N) is 3. The smallest absolute Gasteiger partial charge is 0.274 e. The number of anilines is 1. The van der Waals surface area contributed by atoms with E-state index in [1.54, 1.807) is 0 Å². The molecule has 6 heteroatoms. The molecular weight excluding hydrogens is 388 g/mol. The number of aryl methyl sites for hydroxylation is 1. The van der Waals surface area contributed by atoms with E-state index >= 15 is 0 Å². The van der Waals surface area contributed by atoms with Crippen molar-refractivity contribution in [2.45, 2.75) is 36.6 Å². The topological polar surface area (TPSA) is 67.2 Å². The third kappa shape index (κ3) is 2.60. The fourth-order valence-corrected chi connectivity index (χ4v) is 5.50. The molecule has 3 aliphatic rings. The van der Waals surface area contributed by atoms with Gasteiger partial charge in [-0.05, 0) is 42.5 Å². The van der Waals surface area contributed by atoms with Crippen LogP contribution in [0.2, 0.25) is 0 Å². The molecule has 0 unspecified atom stereocenters. The molecule has 1 spiro atoms. The normalized spacial score (nSPS) is 24.5. The second-order valence-electron chi connectivity index (χ2n) is 8.89. The van der Waals surface area contributed by atoms with Gasteiger partial charge in [0.25, 0.3) is 5.91 Å². The van der Waals surface area contributed by atoms with Gasteiger partial charge in [0.05, 0.1) is 6.04 Å². The Hall–Kier alpha value is -3.41. The Labute approximate surface area is 180 Å². The number of benzene rings is 2. The predicted molar refractivity (Wildman–Crippen MR) is 117 cm³/mol. The van der Waals surface area contributed by atoms with Crippen molar-refractivity contribution in [3.05, 3.63) is 83.2 Å². The first-order valence-corrected chi connectivity index (χ1v) is 10.9. The van der Waals surface area contributed by atoms with Gasteiger partial charge in [0.15, 0.2) is 5.69 Å². The molecule has 156 valence electrons. The lowest BCUT2D eigenvalue weighted by atomic mass is 9.72. The number of para-hydroxylation sites is 1. The van der Waals surface area contributed by atoms with E-state index in [0.29, 0.717) is 24.6 Å². The second-order valence-corrected chi connectivity index (χ2v) is 8.89. The van der Waals surface area contributed by atoms with Crippen molar-refractivity contribution in [3.63, 3.8) is 0 Å². The zero-order valence-corrected chi connectivity index (χ0v) is 17.4. The number of aromatic nitrogens is 2. The zero-order valence-electron chi connectivity index (χ0n) is 17.4. The summed E-state index contributed by atoms with van der Waals surface area (Å²) in [6.45, 7) is 0.509. The highest BCUT2D eigenvalue weighted by molar-refractivity contribution is 6.08. The molecule has 2 atom stereocenters. The van der Waals surface area contributed by atoms with Gasteiger partial charge in [0, 0.05) is 30.9 Å². The van der Waals surface area contributed by atoms with Gasteiger partial charge in [-0.2, -0.15) is 5.10 Å². The molecule has 6 rings (SSSR count). The van der Waals surface area contributed by atoms with Gasteiger partial charge in [0.1, 0.15) is 5.41 Å². The number of hydrogen-bond acceptors (Lipinski definition) is 3. The van der Waals surface area contributed by atoms with Gasteiger partial charge >= 0.3 is 0 Å². The molecule has 1 aliphatic carbocycles. The summed E-state index contributed by atoms with van der Waals surface area (Å²) in [4.78, 5) is 29.0. The van der Waals surface area contributed by atoms with Crippen molar-refractivity contribution >= 4 is 17.5 Å². The highest BCUT2D eigenvalue weighted by atomic mass is 16.2. The van der Waals surface area contributed by atoms with Crippen molar-refractivity contribution in [2.75, 3.05) is 11.9 Å². The number of likely N-dealkylation sites (tertiary alicyclic amines) is 1. The Morgan fingerprint density at radius 3 is 2.61 bits per heavy atom. The Balaban J connectivity index is 1.47. The minimum absolute atomic E-state index is 0.0301. The van der Waals surface area contributed by atoms with Crippen LogP contribution in [-0.4, -0.2) is 33.0 Å². The summed E-state index contributed by atoms with van der Waals surface area (Å²) in [7, 11) is 1.91. The lowest BCUT2D eigenvalue weighted by Gasteiger charge is -2.34. The van der Waals surface area contributed by atoms with Crippen LogP contribution in [0, 0.1) is 0 Å². The SMILES string of the molecule is Cn1nc(C(=O)N2CC[C@]3(C(=O)Nc4ccccc43)[C@@H]2c2ccccc2)cc1C1CC1. The van der Waals surface area contributed by atoms with E-state index in [4.69, 9.17) is 0 Å². The summed E-state index contributed by atoms with van der Waals surface area (Å²) < 4.78 is 1.84. The molecule has 3 heterocycles. The number of carbonyl (C=O) groups excluding carboxylic acids is 2. The Bertz CT molecular complexity index is 1200. The summed E-state index contributed by atoms with van der Waals surface area (Å²) in [5.41, 5.74) is 3.59. The van der Waals surface area contributed by atoms with Crippen molar-refractivity contribution in [2.24, 2.45) is 7.05 Å². The number of hydrogen-bond donors (Lipinski definition) is 1. The van der Waals surface area contributed by atoms with Crippen LogP contribution in [0.15, 0.2) is 60.7 Å². The molecule has 1 saturated carbocycles. The standard InChI is InChI=1S/C25H24N4O2/c1-28-21(16-11-12-16)15-20(27-28)23(30)29-14-13-25(22(29)17-7-3-2-4-8-17)18-9-5-6-10-19(18)26-24(25)31/h2-10,15-16,22H,11-14H2,1H3,(H,26,31)/t22-,25+/m0/s1. The summed E-state index contributed by atoms with van der Waals surface area (Å²) in [6, 6.07) is 19.3. The van der Waals surface area contributed by atoms with E-state index in [9.17, 15) is 9.59 Å². The van der Waals surface area contributed by atoms with Crippen LogP contribution in [0.3, 0.4) is 0 Å². The third-order valence-electron chi connectivity index (χ3n) is 7.09. The summed E-state index contributed by atoms with van der Waals surface area (Å²) in [5, 5.41) is 7.62. The van der Waals surface area contributed by atoms with Gasteiger partial charge < -0.3 is 10.2 Å². The first-order valence-electron chi connectivity index (χ1n) is 10.9. The van der Waals surface area contributed by atoms with Crippen molar-refractivity contribution in [3.8, 4) is 0 Å². The highest BCUT2D eigenvalue weighted by Gasteiger charge is 2.59. The number of nitrogens with one attached hydrogen (secondary N) is 1. The monoisotopic (exact) mass is 412 g/mol. The second kappa shape index (κ2) is 6.54. The number of rotatable bonds is 3. The van der Waals surface area contributed by atoms with E-state index in [0.717, 1.165) is 35.3 Å². The fraction of sp³-hybridized carbons (Fsp3) is 0.320. The quantitative estimate of drug-likeness (QED) is 0.712. The lowest BCUT2D eigenvalue weighted by molar-refractivity contribution is -0.121. The molecule has 1 N–H and O–H groups in total. The van der Waals surface area contributed by atoms with Crippen molar-refractivity contribution in [1.82, 2.24) is 14.7 Å². The van der Waals surface area contributed by atoms with E-state index < -0.39 is 5.41 Å². The molecule has 2 amide bonds. The maximum absolute atomic E-state index is 13.7. The van der Waals surface area contributed by atoms with E-state index in [2.05, 4.69) is 10.4 Å². The molecule has 0 radical (unpaired) electrons.